The van der Waals surface area contributed by atoms with E-state index in [4.69, 9.17) is 10.5 Å². The lowest BCUT2D eigenvalue weighted by Gasteiger charge is -2.11. The molecule has 0 unspecified atom stereocenters. The van der Waals surface area contributed by atoms with E-state index in [0.29, 0.717) is 16.4 Å². The van der Waals surface area contributed by atoms with Crippen molar-refractivity contribution in [2.24, 2.45) is 0 Å². The molecule has 0 atom stereocenters. The summed E-state index contributed by atoms with van der Waals surface area (Å²) in [6.45, 7) is 8.55. The van der Waals surface area contributed by atoms with Crippen molar-refractivity contribution < 1.29 is 13.9 Å². The van der Waals surface area contributed by atoms with Crippen LogP contribution >= 0.6 is 11.8 Å². The van der Waals surface area contributed by atoms with Crippen molar-refractivity contribution in [3.05, 3.63) is 46.2 Å². The molecule has 1 aromatic carbocycles. The van der Waals surface area contributed by atoms with Crippen LogP contribution in [0.2, 0.25) is 0 Å². The van der Waals surface area contributed by atoms with E-state index in [1.807, 2.05) is 0 Å². The number of carbonyl (C=O) groups is 1. The van der Waals surface area contributed by atoms with Gasteiger partial charge >= 0.3 is 0 Å². The van der Waals surface area contributed by atoms with Gasteiger partial charge in [-0.3, -0.25) is 4.79 Å². The predicted octanol–water partition coefficient (Wildman–Crippen LogP) is 3.87. The molecule has 0 aliphatic carbocycles. The van der Waals surface area contributed by atoms with E-state index in [0.717, 1.165) is 4.91 Å². The van der Waals surface area contributed by atoms with Crippen LogP contribution in [0.1, 0.15) is 20.8 Å². The molecule has 0 aliphatic heterocycles. The number of Topliss-reactive ketones (excluding diaryl/α,β-unsaturated/α-hetero) is 1. The maximum Gasteiger partial charge on any atom is 0.169 e. The van der Waals surface area contributed by atoms with Crippen molar-refractivity contribution in [3.63, 3.8) is 0 Å². The number of thioether (sulfide) groups is 1. The fraction of sp³-hybridized carbons (Fsp3) is 0.214. The highest BCUT2D eigenvalue weighted by Gasteiger charge is 2.13. The number of anilines is 1. The molecule has 0 aromatic heterocycles. The smallest absolute Gasteiger partial charge is 0.169 e. The van der Waals surface area contributed by atoms with E-state index in [1.54, 1.807) is 13.8 Å². The Morgan fingerprint density at radius 1 is 1.37 bits per heavy atom. The molecule has 0 fully saturated rings. The predicted molar refractivity (Wildman–Crippen MR) is 77.2 cm³/mol. The first-order chi connectivity index (χ1) is 8.81. The summed E-state index contributed by atoms with van der Waals surface area (Å²) in [6, 6.07) is 4.13. The molecule has 1 aromatic rings. The summed E-state index contributed by atoms with van der Waals surface area (Å²) in [6.07, 6.45) is 0. The lowest BCUT2D eigenvalue weighted by atomic mass is 10.3. The summed E-state index contributed by atoms with van der Waals surface area (Å²) in [7, 11) is 0. The third kappa shape index (κ3) is 4.44. The molecule has 1 rings (SSSR count). The molecular weight excluding hydrogens is 265 g/mol. The number of nitrogen functional groups attached to an aromatic ring is 1. The summed E-state index contributed by atoms with van der Waals surface area (Å²) < 4.78 is 19.0. The van der Waals surface area contributed by atoms with Gasteiger partial charge < -0.3 is 10.5 Å². The molecule has 0 heterocycles. The number of carbonyl (C=O) groups excluding carboxylic acids is 1. The van der Waals surface area contributed by atoms with Gasteiger partial charge in [-0.1, -0.05) is 18.3 Å². The third-order valence-corrected chi connectivity index (χ3v) is 3.26. The number of allylic oxidation sites excluding steroid dienone is 3. The maximum atomic E-state index is 13.6. The number of ketones is 1. The Balaban J connectivity index is 3.06. The number of hydrogen-bond acceptors (Lipinski definition) is 4. The van der Waals surface area contributed by atoms with Crippen LogP contribution in [-0.4, -0.2) is 5.78 Å². The van der Waals surface area contributed by atoms with E-state index >= 15 is 0 Å². The van der Waals surface area contributed by atoms with Gasteiger partial charge in [-0.2, -0.15) is 0 Å². The molecule has 0 aliphatic rings. The van der Waals surface area contributed by atoms with Crippen molar-refractivity contribution in [3.8, 4) is 5.75 Å². The molecule has 5 heteroatoms. The zero-order valence-electron chi connectivity index (χ0n) is 11.1. The highest BCUT2D eigenvalue weighted by Crippen LogP contribution is 2.29. The topological polar surface area (TPSA) is 52.3 Å². The summed E-state index contributed by atoms with van der Waals surface area (Å²) in [5.74, 6) is -0.346. The van der Waals surface area contributed by atoms with E-state index in [2.05, 4.69) is 6.58 Å². The molecule has 0 saturated carbocycles. The third-order valence-electron chi connectivity index (χ3n) is 2.13. The Labute approximate surface area is 116 Å². The fourth-order valence-corrected chi connectivity index (χ4v) is 2.05. The van der Waals surface area contributed by atoms with Crippen molar-refractivity contribution in [1.82, 2.24) is 0 Å². The minimum Gasteiger partial charge on any atom is -0.458 e. The zero-order chi connectivity index (χ0) is 14.6. The second-order valence-electron chi connectivity index (χ2n) is 4.04. The SMILES string of the molecule is C=C(C)S/C(C(C)=O)=C(\C)Oc1ccc(N)cc1F. The summed E-state index contributed by atoms with van der Waals surface area (Å²) >= 11 is 1.21. The van der Waals surface area contributed by atoms with Crippen LogP contribution in [0, 0.1) is 5.82 Å². The Morgan fingerprint density at radius 2 is 2.00 bits per heavy atom. The Hall–Kier alpha value is -1.75. The number of hydrogen-bond donors (Lipinski definition) is 1. The van der Waals surface area contributed by atoms with Gasteiger partial charge in [0.25, 0.3) is 0 Å². The molecule has 3 nitrogen and oxygen atoms in total. The first-order valence-corrected chi connectivity index (χ1v) is 6.41. The minimum absolute atomic E-state index is 0.0350. The minimum atomic E-state index is -0.567. The second kappa shape index (κ2) is 6.43. The number of ether oxygens (including phenoxy) is 1. The van der Waals surface area contributed by atoms with Gasteiger partial charge in [0.2, 0.25) is 0 Å². The second-order valence-corrected chi connectivity index (χ2v) is 5.35. The van der Waals surface area contributed by atoms with Crippen LogP contribution in [0.25, 0.3) is 0 Å². The lowest BCUT2D eigenvalue weighted by molar-refractivity contribution is -0.113. The van der Waals surface area contributed by atoms with Gasteiger partial charge in [-0.15, -0.1) is 0 Å². The summed E-state index contributed by atoms with van der Waals surface area (Å²) in [5, 5.41) is 0. The van der Waals surface area contributed by atoms with E-state index < -0.39 is 5.82 Å². The highest BCUT2D eigenvalue weighted by atomic mass is 32.2. The monoisotopic (exact) mass is 281 g/mol. The zero-order valence-corrected chi connectivity index (χ0v) is 11.9. The Morgan fingerprint density at radius 3 is 2.47 bits per heavy atom. The summed E-state index contributed by atoms with van der Waals surface area (Å²) in [5.41, 5.74) is 5.77. The first kappa shape index (κ1) is 15.3. The van der Waals surface area contributed by atoms with Crippen molar-refractivity contribution in [2.45, 2.75) is 20.8 Å². The van der Waals surface area contributed by atoms with Crippen molar-refractivity contribution in [1.29, 1.82) is 0 Å². The largest absolute Gasteiger partial charge is 0.458 e. The lowest BCUT2D eigenvalue weighted by Crippen LogP contribution is -2.03. The molecule has 19 heavy (non-hydrogen) atoms. The number of benzene rings is 1. The van der Waals surface area contributed by atoms with Crippen LogP contribution in [0.3, 0.4) is 0 Å². The Kier molecular flexibility index (Phi) is 5.18. The molecule has 0 bridgehead atoms. The maximum absolute atomic E-state index is 13.6. The molecule has 2 N–H and O–H groups in total. The van der Waals surface area contributed by atoms with Gasteiger partial charge in [-0.25, -0.2) is 4.39 Å². The molecule has 0 radical (unpaired) electrons. The molecule has 102 valence electrons. The highest BCUT2D eigenvalue weighted by molar-refractivity contribution is 8.07. The number of nitrogens with two attached hydrogens (primary N) is 1. The quantitative estimate of drug-likeness (QED) is 0.505. The number of halogens is 1. The first-order valence-electron chi connectivity index (χ1n) is 5.59. The van der Waals surface area contributed by atoms with E-state index in [-0.39, 0.29) is 11.5 Å². The van der Waals surface area contributed by atoms with Gasteiger partial charge in [0, 0.05) is 11.8 Å². The van der Waals surface area contributed by atoms with Gasteiger partial charge in [0.15, 0.2) is 17.3 Å². The van der Waals surface area contributed by atoms with Gasteiger partial charge in [-0.05, 0) is 37.8 Å². The average molecular weight is 281 g/mol. The normalized spacial score (nSPS) is 11.8. The van der Waals surface area contributed by atoms with Crippen LogP contribution in [0.5, 0.6) is 5.75 Å². The molecular formula is C14H16FNO2S. The van der Waals surface area contributed by atoms with Crippen LogP contribution < -0.4 is 10.5 Å². The van der Waals surface area contributed by atoms with Crippen LogP contribution in [0.4, 0.5) is 10.1 Å². The summed E-state index contributed by atoms with van der Waals surface area (Å²) in [4.78, 5) is 12.7. The van der Waals surface area contributed by atoms with Crippen LogP contribution in [0.15, 0.2) is 40.3 Å². The van der Waals surface area contributed by atoms with Crippen LogP contribution in [-0.2, 0) is 4.79 Å². The standard InChI is InChI=1S/C14H16FNO2S/c1-8(2)19-14(9(3)17)10(4)18-13-6-5-11(16)7-12(13)15/h5-7H,1,16H2,2-4H3/b14-10+. The van der Waals surface area contributed by atoms with Gasteiger partial charge in [0.1, 0.15) is 5.76 Å². The molecule has 0 amide bonds. The van der Waals surface area contributed by atoms with Crippen molar-refractivity contribution in [2.75, 3.05) is 5.73 Å². The van der Waals surface area contributed by atoms with Crippen molar-refractivity contribution >= 4 is 23.2 Å². The molecule has 0 saturated heterocycles. The van der Waals surface area contributed by atoms with E-state index in [9.17, 15) is 9.18 Å². The van der Waals surface area contributed by atoms with E-state index in [1.165, 1.54) is 36.9 Å². The van der Waals surface area contributed by atoms with Gasteiger partial charge in [0.05, 0.1) is 4.91 Å². The average Bonchev–Trinajstić information content (AvgIpc) is 2.29. The Bertz CT molecular complexity index is 552. The number of rotatable bonds is 5. The molecule has 0 spiro atoms. The fourth-order valence-electron chi connectivity index (χ4n) is 1.38.